The zero-order valence-electron chi connectivity index (χ0n) is 14.4. The van der Waals surface area contributed by atoms with Gasteiger partial charge >= 0.3 is 0 Å². The second kappa shape index (κ2) is 9.33. The molecule has 1 unspecified atom stereocenters. The van der Waals surface area contributed by atoms with Crippen molar-refractivity contribution in [1.82, 2.24) is 5.32 Å². The Morgan fingerprint density at radius 3 is 2.91 bits per heavy atom. The molecule has 0 amide bonds. The molecule has 1 heterocycles. The molecule has 1 saturated carbocycles. The van der Waals surface area contributed by atoms with Crippen molar-refractivity contribution in [3.8, 4) is 0 Å². The molecule has 2 rings (SSSR count). The van der Waals surface area contributed by atoms with Gasteiger partial charge < -0.3 is 11.1 Å². The van der Waals surface area contributed by atoms with Gasteiger partial charge in [-0.25, -0.2) is 0 Å². The summed E-state index contributed by atoms with van der Waals surface area (Å²) >= 11 is 1.63. The van der Waals surface area contributed by atoms with Crippen LogP contribution < -0.4 is 11.1 Å². The summed E-state index contributed by atoms with van der Waals surface area (Å²) in [5.41, 5.74) is 6.81. The minimum absolute atomic E-state index is 0.225. The van der Waals surface area contributed by atoms with Crippen LogP contribution in [0.25, 0.3) is 0 Å². The van der Waals surface area contributed by atoms with E-state index in [1.165, 1.54) is 32.1 Å². The Labute approximate surface area is 145 Å². The quantitative estimate of drug-likeness (QED) is 0.546. The first-order valence-corrected chi connectivity index (χ1v) is 9.81. The van der Waals surface area contributed by atoms with Crippen molar-refractivity contribution in [2.45, 2.75) is 51.0 Å². The Morgan fingerprint density at radius 2 is 2.22 bits per heavy atom. The maximum Gasteiger partial charge on any atom is 0.154 e. The minimum atomic E-state index is -0.225. The Balaban J connectivity index is 1.79. The number of rotatable bonds is 7. The second-order valence-electron chi connectivity index (χ2n) is 6.74. The SMILES string of the molecule is C=C/C(=C\C=C/CNCC1CCCCC1)C1(C)CCSC(N)=N1. The first-order valence-electron chi connectivity index (χ1n) is 8.82. The fraction of sp³-hybridized carbons (Fsp3) is 0.632. The first kappa shape index (κ1) is 18.3. The lowest BCUT2D eigenvalue weighted by molar-refractivity contribution is 0.346. The lowest BCUT2D eigenvalue weighted by atomic mass is 9.89. The third-order valence-electron chi connectivity index (χ3n) is 4.87. The van der Waals surface area contributed by atoms with Crippen molar-refractivity contribution in [2.24, 2.45) is 16.6 Å². The number of amidine groups is 1. The van der Waals surface area contributed by atoms with Gasteiger partial charge in [0, 0.05) is 12.3 Å². The van der Waals surface area contributed by atoms with Gasteiger partial charge in [-0.05, 0) is 44.2 Å². The van der Waals surface area contributed by atoms with Crippen LogP contribution in [-0.2, 0) is 0 Å². The van der Waals surface area contributed by atoms with Crippen LogP contribution in [0, 0.1) is 5.92 Å². The van der Waals surface area contributed by atoms with Gasteiger partial charge in [0.25, 0.3) is 0 Å². The fourth-order valence-corrected chi connectivity index (χ4v) is 4.34. The molecule has 1 aliphatic heterocycles. The van der Waals surface area contributed by atoms with Crippen molar-refractivity contribution < 1.29 is 0 Å². The summed E-state index contributed by atoms with van der Waals surface area (Å²) in [6.45, 7) is 8.17. The normalized spacial score (nSPS) is 27.2. The number of nitrogens with zero attached hydrogens (tertiary/aromatic N) is 1. The van der Waals surface area contributed by atoms with Gasteiger partial charge in [-0.1, -0.05) is 61.9 Å². The highest BCUT2D eigenvalue weighted by atomic mass is 32.2. The number of nitrogens with two attached hydrogens (primary N) is 1. The van der Waals surface area contributed by atoms with Gasteiger partial charge in [-0.15, -0.1) is 0 Å². The topological polar surface area (TPSA) is 50.4 Å². The lowest BCUT2D eigenvalue weighted by Crippen LogP contribution is -2.32. The van der Waals surface area contributed by atoms with E-state index in [-0.39, 0.29) is 5.54 Å². The summed E-state index contributed by atoms with van der Waals surface area (Å²) in [5.74, 6) is 1.90. The summed E-state index contributed by atoms with van der Waals surface area (Å²) in [6.07, 6.45) is 16.4. The predicted molar refractivity (Wildman–Crippen MR) is 104 cm³/mol. The number of nitrogens with one attached hydrogen (secondary N) is 1. The summed E-state index contributed by atoms with van der Waals surface area (Å²) < 4.78 is 0. The van der Waals surface area contributed by atoms with E-state index in [0.717, 1.165) is 36.8 Å². The summed E-state index contributed by atoms with van der Waals surface area (Å²) in [6, 6.07) is 0. The number of aliphatic imine (C=N–C) groups is 1. The van der Waals surface area contributed by atoms with Crippen molar-refractivity contribution in [1.29, 1.82) is 0 Å². The molecule has 1 aliphatic carbocycles. The van der Waals surface area contributed by atoms with E-state index < -0.39 is 0 Å². The smallest absolute Gasteiger partial charge is 0.154 e. The van der Waals surface area contributed by atoms with Crippen LogP contribution in [0.5, 0.6) is 0 Å². The van der Waals surface area contributed by atoms with Crippen LogP contribution in [0.1, 0.15) is 45.4 Å². The molecule has 0 aromatic heterocycles. The lowest BCUT2D eigenvalue weighted by Gasteiger charge is -2.30. The molecule has 0 aromatic carbocycles. The Bertz CT molecular complexity index is 475. The Kier molecular flexibility index (Phi) is 7.44. The molecule has 0 spiro atoms. The van der Waals surface area contributed by atoms with E-state index in [0.29, 0.717) is 5.17 Å². The van der Waals surface area contributed by atoms with Crippen LogP contribution in [-0.4, -0.2) is 29.5 Å². The number of allylic oxidation sites excluding steroid dienone is 2. The summed E-state index contributed by atoms with van der Waals surface area (Å²) in [4.78, 5) is 4.63. The number of hydrogen-bond acceptors (Lipinski definition) is 4. The Hall–Kier alpha value is -1.00. The minimum Gasteiger partial charge on any atom is -0.379 e. The number of hydrogen-bond donors (Lipinski definition) is 2. The van der Waals surface area contributed by atoms with E-state index in [4.69, 9.17) is 5.73 Å². The molecule has 23 heavy (non-hydrogen) atoms. The standard InChI is InChI=1S/C19H31N3S/c1-3-17(19(2)12-14-23-18(20)22-19)11-7-8-13-21-15-16-9-5-4-6-10-16/h3,7-8,11,16,21H,1,4-6,9-10,12-15H2,2H3,(H2,20,22)/b8-7-,17-11+. The van der Waals surface area contributed by atoms with Crippen LogP contribution in [0.4, 0.5) is 0 Å². The molecule has 0 radical (unpaired) electrons. The zero-order chi connectivity index (χ0) is 16.5. The highest BCUT2D eigenvalue weighted by molar-refractivity contribution is 8.13. The number of thioether (sulfide) groups is 1. The van der Waals surface area contributed by atoms with E-state index in [9.17, 15) is 0 Å². The van der Waals surface area contributed by atoms with Crippen LogP contribution >= 0.6 is 11.8 Å². The third kappa shape index (κ3) is 5.85. The van der Waals surface area contributed by atoms with Crippen molar-refractivity contribution in [3.05, 3.63) is 36.5 Å². The van der Waals surface area contributed by atoms with Crippen molar-refractivity contribution >= 4 is 16.9 Å². The highest BCUT2D eigenvalue weighted by Gasteiger charge is 2.29. The molecule has 0 bridgehead atoms. The molecule has 2 aliphatic rings. The van der Waals surface area contributed by atoms with E-state index in [1.54, 1.807) is 11.8 Å². The largest absolute Gasteiger partial charge is 0.379 e. The van der Waals surface area contributed by atoms with E-state index >= 15 is 0 Å². The maximum absolute atomic E-state index is 5.89. The van der Waals surface area contributed by atoms with E-state index in [2.05, 4.69) is 42.0 Å². The van der Waals surface area contributed by atoms with Crippen molar-refractivity contribution in [2.75, 3.05) is 18.8 Å². The highest BCUT2D eigenvalue weighted by Crippen LogP contribution is 2.32. The first-order chi connectivity index (χ1) is 11.1. The average Bonchev–Trinajstić information content (AvgIpc) is 2.54. The van der Waals surface area contributed by atoms with Gasteiger partial charge in [-0.2, -0.15) is 0 Å². The summed E-state index contributed by atoms with van der Waals surface area (Å²) in [5, 5.41) is 4.24. The van der Waals surface area contributed by atoms with Crippen molar-refractivity contribution in [3.63, 3.8) is 0 Å². The van der Waals surface area contributed by atoms with Gasteiger partial charge in [-0.3, -0.25) is 4.99 Å². The van der Waals surface area contributed by atoms with Crippen LogP contribution in [0.3, 0.4) is 0 Å². The average molecular weight is 334 g/mol. The Morgan fingerprint density at radius 1 is 1.43 bits per heavy atom. The molecule has 4 heteroatoms. The molecule has 128 valence electrons. The van der Waals surface area contributed by atoms with Gasteiger partial charge in [0.2, 0.25) is 0 Å². The molecule has 3 nitrogen and oxygen atoms in total. The molecule has 0 aromatic rings. The molecule has 1 fully saturated rings. The van der Waals surface area contributed by atoms with Gasteiger partial charge in [0.15, 0.2) is 5.17 Å². The third-order valence-corrected chi connectivity index (χ3v) is 5.66. The fourth-order valence-electron chi connectivity index (χ4n) is 3.36. The molecule has 3 N–H and O–H groups in total. The monoisotopic (exact) mass is 333 g/mol. The predicted octanol–water partition coefficient (Wildman–Crippen LogP) is 4.04. The van der Waals surface area contributed by atoms with Gasteiger partial charge in [0.05, 0.1) is 5.54 Å². The van der Waals surface area contributed by atoms with Crippen LogP contribution in [0.2, 0.25) is 0 Å². The molecular weight excluding hydrogens is 302 g/mol. The van der Waals surface area contributed by atoms with E-state index in [1.807, 2.05) is 6.08 Å². The molecular formula is C19H31N3S. The summed E-state index contributed by atoms with van der Waals surface area (Å²) in [7, 11) is 0. The van der Waals surface area contributed by atoms with Gasteiger partial charge in [0.1, 0.15) is 0 Å². The molecule has 0 saturated heterocycles. The van der Waals surface area contributed by atoms with Crippen LogP contribution in [0.15, 0.2) is 41.4 Å². The zero-order valence-corrected chi connectivity index (χ0v) is 15.2. The molecule has 1 atom stereocenters. The second-order valence-corrected chi connectivity index (χ2v) is 7.85. The maximum atomic E-state index is 5.89.